The first-order chi connectivity index (χ1) is 6.58. The normalized spacial score (nSPS) is 27.1. The topological polar surface area (TPSA) is 47.6 Å². The third kappa shape index (κ3) is 2.09. The highest BCUT2D eigenvalue weighted by atomic mass is 31.2. The highest BCUT2D eigenvalue weighted by molar-refractivity contribution is 7.55. The Balaban J connectivity index is 2.86. The van der Waals surface area contributed by atoms with E-state index in [4.69, 9.17) is 9.05 Å². The van der Waals surface area contributed by atoms with Gasteiger partial charge >= 0.3 is 7.60 Å². The summed E-state index contributed by atoms with van der Waals surface area (Å²) in [5.41, 5.74) is 0. The van der Waals surface area contributed by atoms with Crippen LogP contribution in [0.4, 0.5) is 0 Å². The lowest BCUT2D eigenvalue weighted by atomic mass is 10.3. The minimum atomic E-state index is -3.08. The Hall–Kier alpha value is -0.150. The molecule has 1 aliphatic rings. The van der Waals surface area contributed by atoms with Crippen molar-refractivity contribution in [3.05, 3.63) is 12.2 Å². The first-order valence-electron chi connectivity index (χ1n) is 4.90. The average Bonchev–Trinajstić information content (AvgIpc) is 2.54. The summed E-state index contributed by atoms with van der Waals surface area (Å²) in [6.45, 7) is 6.95. The Kier molecular flexibility index (Phi) is 3.90. The minimum absolute atomic E-state index is 0.391. The maximum Gasteiger partial charge on any atom is 0.354 e. The molecule has 1 aliphatic heterocycles. The lowest BCUT2D eigenvalue weighted by Gasteiger charge is -2.31. The highest BCUT2D eigenvalue weighted by Crippen LogP contribution is 2.59. The van der Waals surface area contributed by atoms with E-state index in [1.165, 1.54) is 0 Å². The van der Waals surface area contributed by atoms with Crippen molar-refractivity contribution in [2.45, 2.75) is 26.1 Å². The fourth-order valence-electron chi connectivity index (χ4n) is 1.45. The van der Waals surface area contributed by atoms with Gasteiger partial charge in [-0.05, 0) is 20.8 Å². The molecule has 1 heterocycles. The monoisotopic (exact) mass is 219 g/mol. The Morgan fingerprint density at radius 2 is 2.00 bits per heavy atom. The number of nitrogens with one attached hydrogen (secondary N) is 1. The third-order valence-corrected chi connectivity index (χ3v) is 4.83. The summed E-state index contributed by atoms with van der Waals surface area (Å²) < 4.78 is 22.9. The fraction of sp³-hybridized carbons (Fsp3) is 0.778. The first kappa shape index (κ1) is 11.9. The van der Waals surface area contributed by atoms with Crippen molar-refractivity contribution in [3.63, 3.8) is 0 Å². The summed E-state index contributed by atoms with van der Waals surface area (Å²) in [4.78, 5) is 0. The summed E-state index contributed by atoms with van der Waals surface area (Å²) in [6, 6.07) is 0. The lowest BCUT2D eigenvalue weighted by molar-refractivity contribution is 0.201. The molecule has 1 unspecified atom stereocenters. The predicted molar refractivity (Wildman–Crippen MR) is 56.4 cm³/mol. The van der Waals surface area contributed by atoms with Crippen molar-refractivity contribution in [2.75, 3.05) is 19.8 Å². The molecule has 1 N–H and O–H groups in total. The van der Waals surface area contributed by atoms with Crippen LogP contribution in [0, 0.1) is 0 Å². The van der Waals surface area contributed by atoms with E-state index in [9.17, 15) is 4.57 Å². The molecule has 14 heavy (non-hydrogen) atoms. The standard InChI is InChI=1S/C9H18NO3P/c1-4-12-14(11,13-5-2)9(3)7-6-8-10-9/h6-7,10H,4-5,8H2,1-3H3. The van der Waals surface area contributed by atoms with Crippen LogP contribution in [0.2, 0.25) is 0 Å². The van der Waals surface area contributed by atoms with Crippen molar-refractivity contribution in [2.24, 2.45) is 0 Å². The van der Waals surface area contributed by atoms with Gasteiger partial charge < -0.3 is 9.05 Å². The molecule has 0 aliphatic carbocycles. The molecule has 0 aromatic heterocycles. The van der Waals surface area contributed by atoms with E-state index in [-0.39, 0.29) is 0 Å². The van der Waals surface area contributed by atoms with Gasteiger partial charge in [0.15, 0.2) is 0 Å². The number of rotatable bonds is 5. The molecule has 0 bridgehead atoms. The van der Waals surface area contributed by atoms with E-state index in [2.05, 4.69) is 5.32 Å². The molecule has 0 aromatic rings. The summed E-state index contributed by atoms with van der Waals surface area (Å²) in [7, 11) is -3.08. The van der Waals surface area contributed by atoms with E-state index in [0.29, 0.717) is 19.8 Å². The highest BCUT2D eigenvalue weighted by Gasteiger charge is 2.46. The van der Waals surface area contributed by atoms with Gasteiger partial charge in [0.25, 0.3) is 0 Å². The molecule has 0 radical (unpaired) electrons. The molecular formula is C9H18NO3P. The Bertz CT molecular complexity index is 257. The molecule has 0 fully saturated rings. The average molecular weight is 219 g/mol. The second kappa shape index (κ2) is 4.58. The van der Waals surface area contributed by atoms with Gasteiger partial charge in [-0.2, -0.15) is 0 Å². The summed E-state index contributed by atoms with van der Waals surface area (Å²) >= 11 is 0. The lowest BCUT2D eigenvalue weighted by Crippen LogP contribution is -2.37. The first-order valence-corrected chi connectivity index (χ1v) is 6.44. The Morgan fingerprint density at radius 3 is 2.36 bits per heavy atom. The maximum absolute atomic E-state index is 12.4. The zero-order valence-corrected chi connectivity index (χ0v) is 9.84. The van der Waals surface area contributed by atoms with Crippen LogP contribution in [0.15, 0.2) is 12.2 Å². The van der Waals surface area contributed by atoms with Crippen LogP contribution in [-0.4, -0.2) is 25.0 Å². The van der Waals surface area contributed by atoms with Gasteiger partial charge in [-0.3, -0.25) is 9.88 Å². The van der Waals surface area contributed by atoms with Crippen LogP contribution in [0.25, 0.3) is 0 Å². The summed E-state index contributed by atoms with van der Waals surface area (Å²) in [6.07, 6.45) is 3.80. The van der Waals surface area contributed by atoms with E-state index >= 15 is 0 Å². The quantitative estimate of drug-likeness (QED) is 0.568. The van der Waals surface area contributed by atoms with E-state index < -0.39 is 12.9 Å². The smallest absolute Gasteiger partial charge is 0.307 e. The van der Waals surface area contributed by atoms with Crippen molar-refractivity contribution in [1.82, 2.24) is 5.32 Å². The van der Waals surface area contributed by atoms with Gasteiger partial charge in [-0.1, -0.05) is 12.2 Å². The van der Waals surface area contributed by atoms with Crippen LogP contribution in [0.1, 0.15) is 20.8 Å². The zero-order valence-electron chi connectivity index (χ0n) is 8.95. The van der Waals surface area contributed by atoms with Gasteiger partial charge in [-0.25, -0.2) is 0 Å². The number of hydrogen-bond donors (Lipinski definition) is 1. The van der Waals surface area contributed by atoms with Crippen LogP contribution in [0.3, 0.4) is 0 Å². The third-order valence-electron chi connectivity index (χ3n) is 2.19. The summed E-state index contributed by atoms with van der Waals surface area (Å²) in [5.74, 6) is 0. The molecule has 0 aromatic carbocycles. The number of hydrogen-bond acceptors (Lipinski definition) is 4. The SMILES string of the molecule is CCOP(=O)(OCC)C1(C)C=CCN1. The van der Waals surface area contributed by atoms with Gasteiger partial charge in [0.2, 0.25) is 0 Å². The minimum Gasteiger partial charge on any atom is -0.307 e. The second-order valence-corrected chi connectivity index (χ2v) is 5.70. The predicted octanol–water partition coefficient (Wildman–Crippen LogP) is 2.13. The summed E-state index contributed by atoms with van der Waals surface area (Å²) in [5, 5.41) is 2.45. The molecular weight excluding hydrogens is 201 g/mol. The largest absolute Gasteiger partial charge is 0.354 e. The molecule has 0 saturated heterocycles. The van der Waals surface area contributed by atoms with E-state index in [1.54, 1.807) is 0 Å². The van der Waals surface area contributed by atoms with E-state index in [0.717, 1.165) is 0 Å². The van der Waals surface area contributed by atoms with Crippen molar-refractivity contribution in [1.29, 1.82) is 0 Å². The molecule has 4 nitrogen and oxygen atoms in total. The Morgan fingerprint density at radius 1 is 1.43 bits per heavy atom. The molecule has 1 rings (SSSR count). The molecule has 0 saturated carbocycles. The van der Waals surface area contributed by atoms with Gasteiger partial charge in [0, 0.05) is 6.54 Å². The van der Waals surface area contributed by atoms with Crippen molar-refractivity contribution >= 4 is 7.60 Å². The van der Waals surface area contributed by atoms with Gasteiger partial charge in [0.05, 0.1) is 13.2 Å². The van der Waals surface area contributed by atoms with Crippen LogP contribution in [-0.2, 0) is 13.6 Å². The molecule has 0 amide bonds. The van der Waals surface area contributed by atoms with Crippen LogP contribution in [0.5, 0.6) is 0 Å². The molecule has 0 spiro atoms. The van der Waals surface area contributed by atoms with Crippen molar-refractivity contribution < 1.29 is 13.6 Å². The van der Waals surface area contributed by atoms with E-state index in [1.807, 2.05) is 32.9 Å². The molecule has 1 atom stereocenters. The van der Waals surface area contributed by atoms with Gasteiger partial charge in [-0.15, -0.1) is 0 Å². The van der Waals surface area contributed by atoms with Crippen molar-refractivity contribution in [3.8, 4) is 0 Å². The molecule has 5 heteroatoms. The second-order valence-electron chi connectivity index (χ2n) is 3.26. The molecule has 82 valence electrons. The maximum atomic E-state index is 12.4. The zero-order chi connectivity index (χ0) is 10.7. The Labute approximate surface area is 85.2 Å². The fourth-order valence-corrected chi connectivity index (χ4v) is 3.31. The van der Waals surface area contributed by atoms with Crippen LogP contribution < -0.4 is 5.32 Å². The van der Waals surface area contributed by atoms with Crippen LogP contribution >= 0.6 is 7.60 Å². The van der Waals surface area contributed by atoms with Gasteiger partial charge in [0.1, 0.15) is 5.28 Å².